The quantitative estimate of drug-likeness (QED) is 0.267. The molecule has 0 spiro atoms. The molecule has 0 aliphatic rings. The molecule has 0 unspecified atom stereocenters. The van der Waals surface area contributed by atoms with E-state index < -0.39 is 29.2 Å². The minimum Gasteiger partial charge on any atom is -0.497 e. The molecule has 0 fully saturated rings. The standard InChI is InChI=1S/C24H20F5N5O/c1-13-9-16(15-5-6-20(25)32-22(15)26)30-18(10-13)23(2,3)19-11-14(35-4)12-21(31-19)34-8-7-17(33-34)24(27,28)29/h5-12H,1-4H3. The van der Waals surface area contributed by atoms with E-state index in [0.717, 1.165) is 28.6 Å². The Bertz CT molecular complexity index is 1400. The van der Waals surface area contributed by atoms with E-state index in [1.165, 1.54) is 19.2 Å². The third-order valence-electron chi connectivity index (χ3n) is 5.48. The van der Waals surface area contributed by atoms with Crippen LogP contribution in [-0.4, -0.2) is 31.8 Å². The summed E-state index contributed by atoms with van der Waals surface area (Å²) in [4.78, 5) is 12.3. The van der Waals surface area contributed by atoms with Gasteiger partial charge in [-0.3, -0.25) is 4.98 Å². The second-order valence-electron chi connectivity index (χ2n) is 8.41. The highest BCUT2D eigenvalue weighted by Crippen LogP contribution is 2.35. The van der Waals surface area contributed by atoms with Crippen LogP contribution in [0.4, 0.5) is 22.0 Å². The third kappa shape index (κ3) is 4.84. The monoisotopic (exact) mass is 489 g/mol. The normalized spacial score (nSPS) is 12.1. The molecular formula is C24H20F5N5O. The smallest absolute Gasteiger partial charge is 0.435 e. The predicted octanol–water partition coefficient (Wildman–Crippen LogP) is 5.66. The minimum atomic E-state index is -4.60. The number of hydrogen-bond acceptors (Lipinski definition) is 5. The van der Waals surface area contributed by atoms with E-state index in [9.17, 15) is 22.0 Å². The lowest BCUT2D eigenvalue weighted by Crippen LogP contribution is -2.23. The van der Waals surface area contributed by atoms with Crippen LogP contribution >= 0.6 is 0 Å². The van der Waals surface area contributed by atoms with Gasteiger partial charge in [0.05, 0.1) is 29.8 Å². The Morgan fingerprint density at radius 3 is 2.20 bits per heavy atom. The number of aryl methyl sites for hydroxylation is 1. The van der Waals surface area contributed by atoms with Crippen molar-refractivity contribution in [2.75, 3.05) is 7.11 Å². The molecule has 0 N–H and O–H groups in total. The first kappa shape index (κ1) is 24.2. The Hall–Kier alpha value is -3.89. The van der Waals surface area contributed by atoms with Crippen LogP contribution in [0.15, 0.2) is 48.7 Å². The Morgan fingerprint density at radius 2 is 1.57 bits per heavy atom. The second kappa shape index (κ2) is 8.71. The van der Waals surface area contributed by atoms with Crippen molar-refractivity contribution in [3.05, 3.63) is 83.2 Å². The van der Waals surface area contributed by atoms with E-state index in [1.54, 1.807) is 25.1 Å². The fraction of sp³-hybridized carbons (Fsp3) is 0.250. The lowest BCUT2D eigenvalue weighted by Gasteiger charge is -2.26. The molecule has 6 nitrogen and oxygen atoms in total. The molecule has 0 saturated carbocycles. The molecule has 35 heavy (non-hydrogen) atoms. The number of aromatic nitrogens is 5. The first-order valence-electron chi connectivity index (χ1n) is 10.4. The summed E-state index contributed by atoms with van der Waals surface area (Å²) < 4.78 is 73.1. The van der Waals surface area contributed by atoms with Crippen molar-refractivity contribution in [1.82, 2.24) is 24.7 Å². The van der Waals surface area contributed by atoms with E-state index in [1.807, 2.05) is 13.8 Å². The van der Waals surface area contributed by atoms with Crippen molar-refractivity contribution < 1.29 is 26.7 Å². The zero-order valence-corrected chi connectivity index (χ0v) is 19.2. The lowest BCUT2D eigenvalue weighted by molar-refractivity contribution is -0.141. The van der Waals surface area contributed by atoms with Crippen LogP contribution in [-0.2, 0) is 11.6 Å². The van der Waals surface area contributed by atoms with E-state index >= 15 is 0 Å². The maximum Gasteiger partial charge on any atom is 0.435 e. The van der Waals surface area contributed by atoms with Crippen molar-refractivity contribution in [2.24, 2.45) is 0 Å². The van der Waals surface area contributed by atoms with Gasteiger partial charge in [-0.05, 0) is 56.7 Å². The summed E-state index contributed by atoms with van der Waals surface area (Å²) >= 11 is 0. The van der Waals surface area contributed by atoms with Crippen LogP contribution < -0.4 is 4.74 Å². The summed E-state index contributed by atoms with van der Waals surface area (Å²) in [5.41, 5.74) is 0.0195. The topological polar surface area (TPSA) is 65.7 Å². The third-order valence-corrected chi connectivity index (χ3v) is 5.48. The van der Waals surface area contributed by atoms with Crippen LogP contribution in [0.3, 0.4) is 0 Å². The molecule has 11 heteroatoms. The molecule has 0 radical (unpaired) electrons. The second-order valence-corrected chi connectivity index (χ2v) is 8.41. The number of halogens is 5. The largest absolute Gasteiger partial charge is 0.497 e. The van der Waals surface area contributed by atoms with Gasteiger partial charge in [-0.25, -0.2) is 9.67 Å². The number of rotatable bonds is 5. The highest BCUT2D eigenvalue weighted by atomic mass is 19.4. The molecule has 0 aromatic carbocycles. The number of alkyl halides is 3. The molecule has 182 valence electrons. The fourth-order valence-electron chi connectivity index (χ4n) is 3.51. The Kier molecular flexibility index (Phi) is 6.04. The van der Waals surface area contributed by atoms with Gasteiger partial charge in [-0.1, -0.05) is 0 Å². The maximum atomic E-state index is 14.3. The average molecular weight is 489 g/mol. The minimum absolute atomic E-state index is 0.0302. The van der Waals surface area contributed by atoms with Gasteiger partial charge in [0.15, 0.2) is 11.5 Å². The van der Waals surface area contributed by atoms with Crippen LogP contribution in [0.2, 0.25) is 0 Å². The van der Waals surface area contributed by atoms with Crippen molar-refractivity contribution in [3.63, 3.8) is 0 Å². The van der Waals surface area contributed by atoms with Crippen molar-refractivity contribution >= 4 is 0 Å². The Labute approximate surface area is 197 Å². The number of ether oxygens (including phenoxy) is 1. The van der Waals surface area contributed by atoms with Gasteiger partial charge in [0, 0.05) is 23.7 Å². The number of pyridine rings is 3. The molecule has 4 rings (SSSR count). The van der Waals surface area contributed by atoms with Gasteiger partial charge in [0.25, 0.3) is 0 Å². The summed E-state index contributed by atoms with van der Waals surface area (Å²) in [5.74, 6) is -1.47. The molecule has 0 aliphatic heterocycles. The summed E-state index contributed by atoms with van der Waals surface area (Å²) in [6.45, 7) is 5.42. The number of methoxy groups -OCH3 is 1. The zero-order valence-electron chi connectivity index (χ0n) is 19.2. The van der Waals surface area contributed by atoms with Crippen LogP contribution in [0.25, 0.3) is 17.1 Å². The highest BCUT2D eigenvalue weighted by molar-refractivity contribution is 5.60. The fourth-order valence-corrected chi connectivity index (χ4v) is 3.51. The van der Waals surface area contributed by atoms with Crippen LogP contribution in [0.5, 0.6) is 5.75 Å². The summed E-state index contributed by atoms with van der Waals surface area (Å²) in [6, 6.07) is 9.68. The Morgan fingerprint density at radius 1 is 0.857 bits per heavy atom. The van der Waals surface area contributed by atoms with Gasteiger partial charge in [0.1, 0.15) is 5.75 Å². The van der Waals surface area contributed by atoms with E-state index in [-0.39, 0.29) is 17.1 Å². The van der Waals surface area contributed by atoms with Crippen molar-refractivity contribution in [2.45, 2.75) is 32.4 Å². The SMILES string of the molecule is COc1cc(-n2ccc(C(F)(F)F)n2)nc(C(C)(C)c2cc(C)cc(-c3ccc(F)nc3F)n2)c1. The van der Waals surface area contributed by atoms with Crippen LogP contribution in [0.1, 0.15) is 36.5 Å². The molecule has 4 aromatic heterocycles. The molecule has 0 amide bonds. The van der Waals surface area contributed by atoms with Gasteiger partial charge in [-0.15, -0.1) is 0 Å². The molecule has 0 bridgehead atoms. The first-order valence-corrected chi connectivity index (χ1v) is 10.4. The van der Waals surface area contributed by atoms with Gasteiger partial charge >= 0.3 is 6.18 Å². The molecule has 4 heterocycles. The van der Waals surface area contributed by atoms with E-state index in [4.69, 9.17) is 4.74 Å². The highest BCUT2D eigenvalue weighted by Gasteiger charge is 2.34. The average Bonchev–Trinajstić information content (AvgIpc) is 3.29. The van der Waals surface area contributed by atoms with Gasteiger partial charge in [0.2, 0.25) is 11.9 Å². The van der Waals surface area contributed by atoms with Gasteiger partial charge < -0.3 is 4.74 Å². The molecule has 0 aliphatic carbocycles. The van der Waals surface area contributed by atoms with Crippen molar-refractivity contribution in [1.29, 1.82) is 0 Å². The van der Waals surface area contributed by atoms with Gasteiger partial charge in [-0.2, -0.15) is 32.0 Å². The molecule has 0 saturated heterocycles. The first-order chi connectivity index (χ1) is 16.4. The number of hydrogen-bond donors (Lipinski definition) is 0. The van der Waals surface area contributed by atoms with Crippen molar-refractivity contribution in [3.8, 4) is 22.8 Å². The predicted molar refractivity (Wildman–Crippen MR) is 117 cm³/mol. The maximum absolute atomic E-state index is 14.3. The molecule has 0 atom stereocenters. The van der Waals surface area contributed by atoms with Crippen LogP contribution in [0, 0.1) is 18.8 Å². The van der Waals surface area contributed by atoms with E-state index in [2.05, 4.69) is 20.1 Å². The number of nitrogens with zero attached hydrogens (tertiary/aromatic N) is 5. The van der Waals surface area contributed by atoms with E-state index in [0.29, 0.717) is 17.1 Å². The summed E-state index contributed by atoms with van der Waals surface area (Å²) in [7, 11) is 1.42. The molecular weight excluding hydrogens is 469 g/mol. The zero-order chi connectivity index (χ0) is 25.5. The summed E-state index contributed by atoms with van der Waals surface area (Å²) in [5, 5.41) is 3.59. The Balaban J connectivity index is 1.82. The molecule has 4 aromatic rings. The summed E-state index contributed by atoms with van der Waals surface area (Å²) in [6.07, 6.45) is -3.44. The lowest BCUT2D eigenvalue weighted by atomic mass is 9.83.